The van der Waals surface area contributed by atoms with Crippen molar-refractivity contribution in [1.29, 1.82) is 0 Å². The summed E-state index contributed by atoms with van der Waals surface area (Å²) >= 11 is 0. The van der Waals surface area contributed by atoms with Gasteiger partial charge in [0.15, 0.2) is 0 Å². The van der Waals surface area contributed by atoms with Crippen molar-refractivity contribution in [3.63, 3.8) is 0 Å². The van der Waals surface area contributed by atoms with Crippen molar-refractivity contribution in [1.82, 2.24) is 9.88 Å². The second-order valence-electron chi connectivity index (χ2n) is 8.43. The van der Waals surface area contributed by atoms with Crippen LogP contribution in [0.1, 0.15) is 60.5 Å². The summed E-state index contributed by atoms with van der Waals surface area (Å²) in [4.78, 5) is 18.5. The summed E-state index contributed by atoms with van der Waals surface area (Å²) in [6.07, 6.45) is 7.16. The van der Waals surface area contributed by atoms with E-state index in [1.807, 2.05) is 29.2 Å². The second-order valence-corrected chi connectivity index (χ2v) is 8.43. The number of benzene rings is 2. The monoisotopic (exact) mass is 388 g/mol. The van der Waals surface area contributed by atoms with Gasteiger partial charge in [-0.3, -0.25) is 4.79 Å². The van der Waals surface area contributed by atoms with Crippen LogP contribution in [0.5, 0.6) is 5.75 Å². The van der Waals surface area contributed by atoms with Gasteiger partial charge in [0, 0.05) is 35.8 Å². The molecule has 1 saturated heterocycles. The van der Waals surface area contributed by atoms with Gasteiger partial charge in [0.2, 0.25) is 0 Å². The first-order valence-corrected chi connectivity index (χ1v) is 10.9. The van der Waals surface area contributed by atoms with Gasteiger partial charge >= 0.3 is 0 Å². The number of carbonyl (C=O) groups is 1. The molecule has 4 heteroatoms. The van der Waals surface area contributed by atoms with E-state index in [1.165, 1.54) is 29.4 Å². The average Bonchev–Trinajstić information content (AvgIpc) is 3.43. The van der Waals surface area contributed by atoms with E-state index >= 15 is 0 Å². The Kier molecular flexibility index (Phi) is 5.01. The topological polar surface area (TPSA) is 45.3 Å². The molecule has 0 atom stereocenters. The van der Waals surface area contributed by atoms with E-state index in [1.54, 1.807) is 0 Å². The van der Waals surface area contributed by atoms with Gasteiger partial charge in [-0.25, -0.2) is 0 Å². The van der Waals surface area contributed by atoms with Crippen LogP contribution in [-0.4, -0.2) is 35.0 Å². The lowest BCUT2D eigenvalue weighted by atomic mass is 9.93. The fraction of sp³-hybridized carbons (Fsp3) is 0.400. The average molecular weight is 389 g/mol. The second kappa shape index (κ2) is 7.94. The SMILES string of the molecule is O=C(c1ccc(OC2CCCC2)cc1)N1CCC(c2cc3ccccc3[nH]2)CC1. The number of fused-ring (bicyclic) bond motifs is 1. The van der Waals surface area contributed by atoms with Crippen LogP contribution >= 0.6 is 0 Å². The first-order chi connectivity index (χ1) is 14.3. The van der Waals surface area contributed by atoms with Crippen molar-refractivity contribution in [2.45, 2.75) is 50.5 Å². The minimum Gasteiger partial charge on any atom is -0.490 e. The Morgan fingerprint density at radius 1 is 0.931 bits per heavy atom. The van der Waals surface area contributed by atoms with E-state index in [0.29, 0.717) is 12.0 Å². The van der Waals surface area contributed by atoms with Gasteiger partial charge in [0.1, 0.15) is 5.75 Å². The lowest BCUT2D eigenvalue weighted by Crippen LogP contribution is -2.37. The highest BCUT2D eigenvalue weighted by molar-refractivity contribution is 5.94. The molecule has 3 aromatic rings. The molecule has 4 nitrogen and oxygen atoms in total. The van der Waals surface area contributed by atoms with Crippen molar-refractivity contribution >= 4 is 16.8 Å². The number of H-pyrrole nitrogens is 1. The van der Waals surface area contributed by atoms with E-state index in [4.69, 9.17) is 4.74 Å². The summed E-state index contributed by atoms with van der Waals surface area (Å²) in [6.45, 7) is 1.61. The minimum absolute atomic E-state index is 0.132. The largest absolute Gasteiger partial charge is 0.490 e. The molecule has 0 bridgehead atoms. The van der Waals surface area contributed by atoms with E-state index in [2.05, 4.69) is 35.3 Å². The lowest BCUT2D eigenvalue weighted by molar-refractivity contribution is 0.0712. The minimum atomic E-state index is 0.132. The number of hydrogen-bond acceptors (Lipinski definition) is 2. The van der Waals surface area contributed by atoms with Gasteiger partial charge in [-0.2, -0.15) is 0 Å². The molecule has 150 valence electrons. The summed E-state index contributed by atoms with van der Waals surface area (Å²) in [5.74, 6) is 1.51. The summed E-state index contributed by atoms with van der Waals surface area (Å²) in [6, 6.07) is 18.4. The summed E-state index contributed by atoms with van der Waals surface area (Å²) in [5.41, 5.74) is 3.25. The highest BCUT2D eigenvalue weighted by Gasteiger charge is 2.25. The van der Waals surface area contributed by atoms with Gasteiger partial charge in [-0.1, -0.05) is 18.2 Å². The molecule has 2 fully saturated rings. The number of carbonyl (C=O) groups excluding carboxylic acids is 1. The van der Waals surface area contributed by atoms with Crippen LogP contribution in [0.4, 0.5) is 0 Å². The predicted octanol–water partition coefficient (Wildman–Crippen LogP) is 5.51. The molecular weight excluding hydrogens is 360 g/mol. The molecule has 1 aromatic heterocycles. The fourth-order valence-electron chi connectivity index (χ4n) is 4.77. The quantitative estimate of drug-likeness (QED) is 0.641. The molecule has 0 unspecified atom stereocenters. The molecule has 1 N–H and O–H groups in total. The van der Waals surface area contributed by atoms with Crippen LogP contribution in [0.2, 0.25) is 0 Å². The molecule has 2 aliphatic rings. The number of nitrogens with one attached hydrogen (secondary N) is 1. The summed E-state index contributed by atoms with van der Waals surface area (Å²) in [5, 5.41) is 1.26. The molecule has 0 radical (unpaired) electrons. The van der Waals surface area contributed by atoms with Crippen molar-refractivity contribution in [3.8, 4) is 5.75 Å². The number of amides is 1. The van der Waals surface area contributed by atoms with Crippen LogP contribution in [0.3, 0.4) is 0 Å². The number of aromatic amines is 1. The highest BCUT2D eigenvalue weighted by atomic mass is 16.5. The van der Waals surface area contributed by atoms with Crippen LogP contribution in [0.25, 0.3) is 10.9 Å². The predicted molar refractivity (Wildman–Crippen MR) is 116 cm³/mol. The van der Waals surface area contributed by atoms with Crippen molar-refractivity contribution in [2.75, 3.05) is 13.1 Å². The molecule has 1 aliphatic carbocycles. The van der Waals surface area contributed by atoms with Crippen molar-refractivity contribution < 1.29 is 9.53 Å². The van der Waals surface area contributed by atoms with E-state index in [-0.39, 0.29) is 5.91 Å². The van der Waals surface area contributed by atoms with Gasteiger partial charge in [-0.05, 0) is 80.3 Å². The Morgan fingerprint density at radius 2 is 1.66 bits per heavy atom. The first-order valence-electron chi connectivity index (χ1n) is 10.9. The number of para-hydroxylation sites is 1. The molecule has 1 amide bonds. The van der Waals surface area contributed by atoms with Crippen molar-refractivity contribution in [2.24, 2.45) is 0 Å². The van der Waals surface area contributed by atoms with Crippen LogP contribution in [0.15, 0.2) is 54.6 Å². The zero-order chi connectivity index (χ0) is 19.6. The molecule has 1 saturated carbocycles. The number of nitrogens with zero attached hydrogens (tertiary/aromatic N) is 1. The molecule has 29 heavy (non-hydrogen) atoms. The molecule has 0 spiro atoms. The van der Waals surface area contributed by atoms with Crippen LogP contribution < -0.4 is 4.74 Å². The number of rotatable bonds is 4. The third-order valence-electron chi connectivity index (χ3n) is 6.48. The number of piperidine rings is 1. The third kappa shape index (κ3) is 3.89. The smallest absolute Gasteiger partial charge is 0.253 e. The molecular formula is C25H28N2O2. The Morgan fingerprint density at radius 3 is 2.38 bits per heavy atom. The van der Waals surface area contributed by atoms with E-state index in [0.717, 1.165) is 50.1 Å². The zero-order valence-corrected chi connectivity index (χ0v) is 16.8. The van der Waals surface area contributed by atoms with Gasteiger partial charge in [0.25, 0.3) is 5.91 Å². The Labute approximate surface area is 171 Å². The normalized spacial score (nSPS) is 18.4. The third-order valence-corrected chi connectivity index (χ3v) is 6.48. The van der Waals surface area contributed by atoms with Gasteiger partial charge in [0.05, 0.1) is 6.10 Å². The molecule has 1 aliphatic heterocycles. The molecule has 5 rings (SSSR count). The highest BCUT2D eigenvalue weighted by Crippen LogP contribution is 2.31. The lowest BCUT2D eigenvalue weighted by Gasteiger charge is -2.31. The fourth-order valence-corrected chi connectivity index (χ4v) is 4.77. The first kappa shape index (κ1) is 18.3. The van der Waals surface area contributed by atoms with E-state index < -0.39 is 0 Å². The standard InChI is InChI=1S/C25H28N2O2/c28-25(19-9-11-22(12-10-19)29-21-6-2-3-7-21)27-15-13-18(14-16-27)24-17-20-5-1-4-8-23(20)26-24/h1,4-5,8-12,17-18,21,26H,2-3,6-7,13-16H2. The molecule has 2 aromatic carbocycles. The summed E-state index contributed by atoms with van der Waals surface area (Å²) in [7, 11) is 0. The number of hydrogen-bond donors (Lipinski definition) is 1. The van der Waals surface area contributed by atoms with E-state index in [9.17, 15) is 4.79 Å². The Bertz CT molecular complexity index is 944. The maximum absolute atomic E-state index is 12.9. The maximum atomic E-state index is 12.9. The van der Waals surface area contributed by atoms with Gasteiger partial charge in [-0.15, -0.1) is 0 Å². The van der Waals surface area contributed by atoms with Crippen LogP contribution in [0, 0.1) is 0 Å². The van der Waals surface area contributed by atoms with Crippen molar-refractivity contribution in [3.05, 3.63) is 65.9 Å². The zero-order valence-electron chi connectivity index (χ0n) is 16.8. The Hall–Kier alpha value is -2.75. The maximum Gasteiger partial charge on any atom is 0.253 e. The Balaban J connectivity index is 1.19. The van der Waals surface area contributed by atoms with Gasteiger partial charge < -0.3 is 14.6 Å². The number of likely N-dealkylation sites (tertiary alicyclic amines) is 1. The summed E-state index contributed by atoms with van der Waals surface area (Å²) < 4.78 is 6.02. The number of aromatic nitrogens is 1. The number of ether oxygens (including phenoxy) is 1. The molecule has 2 heterocycles. The van der Waals surface area contributed by atoms with Crippen LogP contribution in [-0.2, 0) is 0 Å².